The minimum atomic E-state index is -4.49. The summed E-state index contributed by atoms with van der Waals surface area (Å²) in [5.74, 6) is -1.09. The molecule has 14 heteroatoms. The highest BCUT2D eigenvalue weighted by atomic mass is 19.4. The van der Waals surface area contributed by atoms with Crippen LogP contribution in [-0.2, 0) is 26.5 Å². The van der Waals surface area contributed by atoms with E-state index >= 15 is 0 Å². The maximum Gasteiger partial charge on any atom is 0.416 e. The highest BCUT2D eigenvalue weighted by Gasteiger charge is 2.30. The lowest BCUT2D eigenvalue weighted by Gasteiger charge is -2.10. The number of nitrogens with one attached hydrogen (secondary N) is 2. The van der Waals surface area contributed by atoms with E-state index in [9.17, 15) is 22.8 Å². The third-order valence-corrected chi connectivity index (χ3v) is 5.48. The molecule has 194 valence electrons. The number of carbonyl (C=O) groups is 2. The second-order valence-corrected chi connectivity index (χ2v) is 7.94. The van der Waals surface area contributed by atoms with Crippen LogP contribution in [0.4, 0.5) is 24.5 Å². The minimum absolute atomic E-state index is 0.00260. The van der Waals surface area contributed by atoms with Gasteiger partial charge >= 0.3 is 6.18 Å². The number of aryl methyl sites for hydroxylation is 2. The van der Waals surface area contributed by atoms with Crippen LogP contribution < -0.4 is 15.4 Å². The molecule has 0 aliphatic carbocycles. The summed E-state index contributed by atoms with van der Waals surface area (Å²) in [5, 5.41) is 17.8. The first-order valence-corrected chi connectivity index (χ1v) is 11.1. The summed E-state index contributed by atoms with van der Waals surface area (Å²) < 4.78 is 48.3. The Hall–Kier alpha value is -4.62. The normalized spacial score (nSPS) is 11.4. The molecule has 0 spiro atoms. The molecule has 2 N–H and O–H groups in total. The van der Waals surface area contributed by atoms with Gasteiger partial charge in [0.15, 0.2) is 12.4 Å². The summed E-state index contributed by atoms with van der Waals surface area (Å²) in [6.45, 7) is 3.76. The smallest absolute Gasteiger partial charge is 0.416 e. The van der Waals surface area contributed by atoms with Gasteiger partial charge in [-0.25, -0.2) is 4.68 Å². The Morgan fingerprint density at radius 3 is 2.46 bits per heavy atom. The van der Waals surface area contributed by atoms with Crippen LogP contribution in [0.5, 0.6) is 5.75 Å². The van der Waals surface area contributed by atoms with Gasteiger partial charge in [-0.3, -0.25) is 19.0 Å². The van der Waals surface area contributed by atoms with E-state index in [1.54, 1.807) is 25.6 Å². The lowest BCUT2D eigenvalue weighted by Crippen LogP contribution is -2.21. The van der Waals surface area contributed by atoms with E-state index in [1.807, 2.05) is 0 Å². The molecule has 0 saturated carbocycles. The molecular formula is C23H23F3N8O3. The number of ether oxygens (including phenoxy) is 1. The minimum Gasteiger partial charge on any atom is -0.471 e. The quantitative estimate of drug-likeness (QED) is 0.369. The molecule has 0 radical (unpaired) electrons. The van der Waals surface area contributed by atoms with Gasteiger partial charge in [0, 0.05) is 19.8 Å². The topological polar surface area (TPSA) is 121 Å². The molecule has 11 nitrogen and oxygen atoms in total. The van der Waals surface area contributed by atoms with Gasteiger partial charge in [0.1, 0.15) is 11.4 Å². The van der Waals surface area contributed by atoms with Crippen molar-refractivity contribution in [1.82, 2.24) is 29.3 Å². The highest BCUT2D eigenvalue weighted by molar-refractivity contribution is 6.11. The van der Waals surface area contributed by atoms with Gasteiger partial charge in [0.25, 0.3) is 11.8 Å². The van der Waals surface area contributed by atoms with E-state index in [4.69, 9.17) is 4.74 Å². The van der Waals surface area contributed by atoms with Crippen LogP contribution in [0.2, 0.25) is 0 Å². The zero-order chi connectivity index (χ0) is 26.7. The first-order chi connectivity index (χ1) is 17.6. The fourth-order valence-corrected chi connectivity index (χ4v) is 3.40. The molecule has 37 heavy (non-hydrogen) atoms. The third kappa shape index (κ3) is 5.63. The van der Waals surface area contributed by atoms with Crippen molar-refractivity contribution in [2.75, 3.05) is 10.6 Å². The van der Waals surface area contributed by atoms with Crippen molar-refractivity contribution in [3.05, 3.63) is 71.6 Å². The average Bonchev–Trinajstić information content (AvgIpc) is 3.58. The van der Waals surface area contributed by atoms with Crippen LogP contribution in [-0.4, -0.2) is 41.2 Å². The largest absolute Gasteiger partial charge is 0.471 e. The monoisotopic (exact) mass is 516 g/mol. The van der Waals surface area contributed by atoms with Gasteiger partial charge in [0.2, 0.25) is 0 Å². The molecule has 0 unspecified atom stereocenters. The lowest BCUT2D eigenvalue weighted by atomic mass is 10.2. The lowest BCUT2D eigenvalue weighted by molar-refractivity contribution is -0.137. The Morgan fingerprint density at radius 1 is 1.05 bits per heavy atom. The molecule has 1 aromatic carbocycles. The second-order valence-electron chi connectivity index (χ2n) is 7.94. The third-order valence-electron chi connectivity index (χ3n) is 5.48. The van der Waals surface area contributed by atoms with Crippen LogP contribution in [0.1, 0.15) is 39.2 Å². The number of carbonyl (C=O) groups excluding carboxylic acids is 2. The maximum absolute atomic E-state index is 13.0. The number of alkyl halides is 3. The predicted octanol–water partition coefficient (Wildman–Crippen LogP) is 3.70. The summed E-state index contributed by atoms with van der Waals surface area (Å²) >= 11 is 0. The van der Waals surface area contributed by atoms with Gasteiger partial charge < -0.3 is 15.4 Å². The van der Waals surface area contributed by atoms with Crippen LogP contribution in [0.25, 0.3) is 0 Å². The van der Waals surface area contributed by atoms with E-state index < -0.39 is 23.6 Å². The number of benzene rings is 1. The van der Waals surface area contributed by atoms with Crippen molar-refractivity contribution in [1.29, 1.82) is 0 Å². The van der Waals surface area contributed by atoms with Crippen LogP contribution >= 0.6 is 0 Å². The Morgan fingerprint density at radius 2 is 1.78 bits per heavy atom. The van der Waals surface area contributed by atoms with E-state index in [0.717, 1.165) is 17.8 Å². The number of anilines is 2. The summed E-state index contributed by atoms with van der Waals surface area (Å²) in [4.78, 5) is 25.8. The fourth-order valence-electron chi connectivity index (χ4n) is 3.40. The second kappa shape index (κ2) is 10.2. The highest BCUT2D eigenvalue weighted by Crippen LogP contribution is 2.31. The van der Waals surface area contributed by atoms with Crippen molar-refractivity contribution >= 4 is 23.2 Å². The fraction of sp³-hybridized carbons (Fsp3) is 0.261. The number of rotatable bonds is 8. The van der Waals surface area contributed by atoms with Gasteiger partial charge in [-0.15, -0.1) is 0 Å². The average molecular weight is 516 g/mol. The molecular weight excluding hydrogens is 493 g/mol. The summed E-state index contributed by atoms with van der Waals surface area (Å²) in [6, 6.07) is 5.85. The van der Waals surface area contributed by atoms with Gasteiger partial charge in [0.05, 0.1) is 35.0 Å². The molecule has 0 saturated heterocycles. The predicted molar refractivity (Wildman–Crippen MR) is 126 cm³/mol. The van der Waals surface area contributed by atoms with E-state index in [-0.39, 0.29) is 29.6 Å². The zero-order valence-electron chi connectivity index (χ0n) is 20.1. The zero-order valence-corrected chi connectivity index (χ0v) is 20.1. The Bertz CT molecular complexity index is 1440. The Labute approximate surface area is 208 Å². The van der Waals surface area contributed by atoms with Gasteiger partial charge in [-0.2, -0.15) is 28.5 Å². The number of halogens is 3. The molecule has 0 fully saturated rings. The van der Waals surface area contributed by atoms with E-state index in [1.165, 1.54) is 46.2 Å². The molecule has 0 aliphatic heterocycles. The van der Waals surface area contributed by atoms with Crippen molar-refractivity contribution in [3.63, 3.8) is 0 Å². The molecule has 3 aromatic heterocycles. The van der Waals surface area contributed by atoms with Gasteiger partial charge in [-0.05, 0) is 38.1 Å². The molecule has 2 amide bonds. The van der Waals surface area contributed by atoms with Crippen molar-refractivity contribution in [3.8, 4) is 5.75 Å². The first kappa shape index (κ1) is 25.5. The maximum atomic E-state index is 13.0. The molecule has 3 heterocycles. The van der Waals surface area contributed by atoms with E-state index in [0.29, 0.717) is 12.2 Å². The van der Waals surface area contributed by atoms with Gasteiger partial charge in [-0.1, -0.05) is 6.07 Å². The molecule has 0 atom stereocenters. The molecule has 0 bridgehead atoms. The number of hydrogen-bond donors (Lipinski definition) is 2. The number of aromatic nitrogens is 6. The van der Waals surface area contributed by atoms with Crippen molar-refractivity contribution in [2.24, 2.45) is 7.05 Å². The van der Waals surface area contributed by atoms with Crippen LogP contribution in [0, 0.1) is 6.92 Å². The molecule has 4 aromatic rings. The SMILES string of the molecule is CCn1ncc(NC(=O)c2ccn(COc3cccc(C(F)(F)F)c3)n2)c1C(=O)Nc1cnn(C)c1C. The van der Waals surface area contributed by atoms with Crippen molar-refractivity contribution < 1.29 is 27.5 Å². The standard InChI is InChI=1S/C23H23F3N8O3/c1-4-34-20(22(36)29-18-11-27-32(3)14(18)2)19(12-28-34)30-21(35)17-8-9-33(31-17)13-37-16-7-5-6-15(10-16)23(24,25)26/h5-12H,4,13H2,1-3H3,(H,29,36)(H,30,35). The van der Waals surface area contributed by atoms with E-state index in [2.05, 4.69) is 25.9 Å². The number of amides is 2. The van der Waals surface area contributed by atoms with Crippen LogP contribution in [0.15, 0.2) is 48.9 Å². The summed E-state index contributed by atoms with van der Waals surface area (Å²) in [6.07, 6.45) is -0.169. The summed E-state index contributed by atoms with van der Waals surface area (Å²) in [5.41, 5.74) is 0.766. The van der Waals surface area contributed by atoms with Crippen LogP contribution in [0.3, 0.4) is 0 Å². The van der Waals surface area contributed by atoms with Crippen molar-refractivity contribution in [2.45, 2.75) is 33.3 Å². The number of nitrogens with zero attached hydrogens (tertiary/aromatic N) is 6. The first-order valence-electron chi connectivity index (χ1n) is 11.1. The Balaban J connectivity index is 1.44. The Kier molecular flexibility index (Phi) is 7.00. The molecule has 4 rings (SSSR count). The summed E-state index contributed by atoms with van der Waals surface area (Å²) in [7, 11) is 1.75. The number of hydrogen-bond acceptors (Lipinski definition) is 6. The molecule has 0 aliphatic rings.